The number of alkyl halides is 3. The summed E-state index contributed by atoms with van der Waals surface area (Å²) in [5.41, 5.74) is 6.74. The van der Waals surface area contributed by atoms with Crippen molar-refractivity contribution in [3.8, 4) is 0 Å². The van der Waals surface area contributed by atoms with Crippen molar-refractivity contribution in [1.29, 1.82) is 0 Å². The van der Waals surface area contributed by atoms with Gasteiger partial charge in [0.25, 0.3) is 0 Å². The van der Waals surface area contributed by atoms with Gasteiger partial charge in [-0.25, -0.2) is 4.98 Å². The maximum absolute atomic E-state index is 12.4. The Morgan fingerprint density at radius 3 is 2.67 bits per heavy atom. The van der Waals surface area contributed by atoms with Crippen molar-refractivity contribution >= 4 is 11.3 Å². The molecule has 0 aromatic carbocycles. The van der Waals surface area contributed by atoms with Crippen molar-refractivity contribution in [2.45, 2.75) is 18.6 Å². The highest BCUT2D eigenvalue weighted by Crippen LogP contribution is 2.34. The quantitative estimate of drug-likeness (QED) is 0.935. The number of thiazole rings is 1. The average molecular weight is 273 g/mol. The SMILES string of the molecule is NC(Cc1cccnc1)c1cnc(C(F)(F)F)s1. The van der Waals surface area contributed by atoms with Crippen LogP contribution in [-0.4, -0.2) is 9.97 Å². The van der Waals surface area contributed by atoms with Crippen molar-refractivity contribution in [1.82, 2.24) is 9.97 Å². The Morgan fingerprint density at radius 2 is 2.11 bits per heavy atom. The van der Waals surface area contributed by atoms with E-state index in [0.717, 1.165) is 5.56 Å². The van der Waals surface area contributed by atoms with Crippen LogP contribution in [0.3, 0.4) is 0 Å². The summed E-state index contributed by atoms with van der Waals surface area (Å²) < 4.78 is 37.2. The van der Waals surface area contributed by atoms with E-state index in [-0.39, 0.29) is 0 Å². The lowest BCUT2D eigenvalue weighted by atomic mass is 10.1. The number of halogens is 3. The first kappa shape index (κ1) is 13.0. The number of rotatable bonds is 3. The van der Waals surface area contributed by atoms with E-state index in [2.05, 4.69) is 9.97 Å². The molecule has 0 aliphatic carbocycles. The third-order valence-electron chi connectivity index (χ3n) is 2.31. The standard InChI is InChI=1S/C11H10F3N3S/c12-11(13,14)10-17-6-9(18-10)8(15)4-7-2-1-3-16-5-7/h1-3,5-6,8H,4,15H2. The van der Waals surface area contributed by atoms with Crippen LogP contribution in [0.1, 0.15) is 21.5 Å². The number of nitrogens with zero attached hydrogens (tertiary/aromatic N) is 2. The number of hydrogen-bond acceptors (Lipinski definition) is 4. The molecule has 0 aliphatic heterocycles. The van der Waals surface area contributed by atoms with E-state index < -0.39 is 17.2 Å². The van der Waals surface area contributed by atoms with E-state index in [1.165, 1.54) is 6.20 Å². The third-order valence-corrected chi connectivity index (χ3v) is 3.48. The van der Waals surface area contributed by atoms with Gasteiger partial charge in [0.15, 0.2) is 5.01 Å². The molecule has 7 heteroatoms. The number of pyridine rings is 1. The number of aromatic nitrogens is 2. The molecule has 18 heavy (non-hydrogen) atoms. The molecule has 2 aromatic rings. The van der Waals surface area contributed by atoms with Gasteiger partial charge in [0.05, 0.1) is 0 Å². The van der Waals surface area contributed by atoms with E-state index in [9.17, 15) is 13.2 Å². The molecule has 0 aliphatic rings. The van der Waals surface area contributed by atoms with E-state index in [4.69, 9.17) is 5.73 Å². The molecule has 0 amide bonds. The summed E-state index contributed by atoms with van der Waals surface area (Å²) in [5, 5.41) is -0.862. The van der Waals surface area contributed by atoms with Gasteiger partial charge >= 0.3 is 6.18 Å². The Bertz CT molecular complexity index is 510. The minimum Gasteiger partial charge on any atom is -0.323 e. The van der Waals surface area contributed by atoms with Gasteiger partial charge < -0.3 is 5.73 Å². The van der Waals surface area contributed by atoms with Crippen LogP contribution >= 0.6 is 11.3 Å². The zero-order chi connectivity index (χ0) is 13.2. The summed E-state index contributed by atoms with van der Waals surface area (Å²) in [6.07, 6.45) is 0.494. The van der Waals surface area contributed by atoms with Gasteiger partial charge in [-0.15, -0.1) is 11.3 Å². The molecule has 0 saturated heterocycles. The Balaban J connectivity index is 2.10. The van der Waals surface area contributed by atoms with Crippen LogP contribution in [0, 0.1) is 0 Å². The summed E-state index contributed by atoms with van der Waals surface area (Å²) >= 11 is 0.586. The summed E-state index contributed by atoms with van der Waals surface area (Å²) in [7, 11) is 0. The zero-order valence-electron chi connectivity index (χ0n) is 9.19. The second kappa shape index (κ2) is 5.03. The van der Waals surface area contributed by atoms with Gasteiger partial charge in [0.1, 0.15) is 0 Å². The molecular weight excluding hydrogens is 263 g/mol. The summed E-state index contributed by atoms with van der Waals surface area (Å²) in [6, 6.07) is 3.09. The summed E-state index contributed by atoms with van der Waals surface area (Å²) in [6.45, 7) is 0. The predicted molar refractivity (Wildman–Crippen MR) is 62.0 cm³/mol. The van der Waals surface area contributed by atoms with Crippen molar-refractivity contribution in [3.63, 3.8) is 0 Å². The molecule has 3 nitrogen and oxygen atoms in total. The lowest BCUT2D eigenvalue weighted by Crippen LogP contribution is -2.11. The lowest BCUT2D eigenvalue weighted by Gasteiger charge is -2.08. The molecule has 0 spiro atoms. The fourth-order valence-corrected chi connectivity index (χ4v) is 2.25. The minimum absolute atomic E-state index is 0.422. The lowest BCUT2D eigenvalue weighted by molar-refractivity contribution is -0.137. The van der Waals surface area contributed by atoms with Crippen LogP contribution in [0.5, 0.6) is 0 Å². The Hall–Kier alpha value is -1.47. The predicted octanol–water partition coefficient (Wildman–Crippen LogP) is 2.80. The first-order valence-electron chi connectivity index (χ1n) is 5.14. The molecule has 96 valence electrons. The molecule has 1 atom stereocenters. The van der Waals surface area contributed by atoms with Crippen LogP contribution < -0.4 is 5.73 Å². The van der Waals surface area contributed by atoms with Gasteiger partial charge in [0, 0.05) is 29.5 Å². The highest BCUT2D eigenvalue weighted by Gasteiger charge is 2.35. The average Bonchev–Trinajstić information content (AvgIpc) is 2.79. The number of nitrogens with two attached hydrogens (primary N) is 1. The first-order chi connectivity index (χ1) is 8.47. The van der Waals surface area contributed by atoms with Crippen molar-refractivity contribution < 1.29 is 13.2 Å². The first-order valence-corrected chi connectivity index (χ1v) is 5.96. The van der Waals surface area contributed by atoms with Gasteiger partial charge in [-0.3, -0.25) is 4.98 Å². The largest absolute Gasteiger partial charge is 0.443 e. The minimum atomic E-state index is -4.41. The van der Waals surface area contributed by atoms with Crippen LogP contribution in [-0.2, 0) is 12.6 Å². The Morgan fingerprint density at radius 1 is 1.33 bits per heavy atom. The Labute approximate surface area is 105 Å². The normalized spacial score (nSPS) is 13.6. The van der Waals surface area contributed by atoms with Crippen molar-refractivity contribution in [2.24, 2.45) is 5.73 Å². The maximum Gasteiger partial charge on any atom is 0.443 e. The zero-order valence-corrected chi connectivity index (χ0v) is 10.0. The van der Waals surface area contributed by atoms with E-state index >= 15 is 0 Å². The summed E-state index contributed by atoms with van der Waals surface area (Å²) in [4.78, 5) is 7.70. The van der Waals surface area contributed by atoms with Gasteiger partial charge in [0.2, 0.25) is 0 Å². The van der Waals surface area contributed by atoms with Crippen molar-refractivity contribution in [3.05, 3.63) is 46.2 Å². The molecule has 2 rings (SSSR count). The fraction of sp³-hybridized carbons (Fsp3) is 0.273. The number of hydrogen-bond donors (Lipinski definition) is 1. The van der Waals surface area contributed by atoms with E-state index in [0.29, 0.717) is 22.6 Å². The van der Waals surface area contributed by atoms with Crippen LogP contribution in [0.25, 0.3) is 0 Å². The maximum atomic E-state index is 12.4. The monoisotopic (exact) mass is 273 g/mol. The second-order valence-corrected chi connectivity index (χ2v) is 4.80. The molecule has 0 radical (unpaired) electrons. The van der Waals surface area contributed by atoms with E-state index in [1.54, 1.807) is 18.5 Å². The molecule has 1 unspecified atom stereocenters. The molecule has 2 aromatic heterocycles. The van der Waals surface area contributed by atoms with Gasteiger partial charge in [-0.05, 0) is 18.1 Å². The Kier molecular flexibility index (Phi) is 3.63. The summed E-state index contributed by atoms with van der Waals surface area (Å²) in [5.74, 6) is 0. The topological polar surface area (TPSA) is 51.8 Å². The van der Waals surface area contributed by atoms with Crippen LogP contribution in [0.2, 0.25) is 0 Å². The van der Waals surface area contributed by atoms with Crippen LogP contribution in [0.4, 0.5) is 13.2 Å². The third kappa shape index (κ3) is 3.05. The molecule has 2 heterocycles. The van der Waals surface area contributed by atoms with Gasteiger partial charge in [-0.2, -0.15) is 13.2 Å². The van der Waals surface area contributed by atoms with Crippen molar-refractivity contribution in [2.75, 3.05) is 0 Å². The smallest absolute Gasteiger partial charge is 0.323 e. The highest BCUT2D eigenvalue weighted by atomic mass is 32.1. The second-order valence-electron chi connectivity index (χ2n) is 3.74. The fourth-order valence-electron chi connectivity index (χ4n) is 1.46. The van der Waals surface area contributed by atoms with Crippen LogP contribution in [0.15, 0.2) is 30.7 Å². The molecule has 0 saturated carbocycles. The molecule has 2 N–H and O–H groups in total. The highest BCUT2D eigenvalue weighted by molar-refractivity contribution is 7.11. The van der Waals surface area contributed by atoms with Gasteiger partial charge in [-0.1, -0.05) is 6.07 Å². The molecular formula is C11H10F3N3S. The molecule has 0 bridgehead atoms. The van der Waals surface area contributed by atoms with E-state index in [1.807, 2.05) is 6.07 Å². The molecule has 0 fully saturated rings.